The number of benzene rings is 1. The zero-order valence-electron chi connectivity index (χ0n) is 9.17. The van der Waals surface area contributed by atoms with Crippen LogP contribution in [0.5, 0.6) is 0 Å². The normalized spacial score (nSPS) is 10.6. The first-order chi connectivity index (χ1) is 7.86. The van der Waals surface area contributed by atoms with E-state index in [4.69, 9.17) is 0 Å². The van der Waals surface area contributed by atoms with E-state index in [1.54, 1.807) is 0 Å². The second-order valence-electron chi connectivity index (χ2n) is 3.44. The Morgan fingerprint density at radius 1 is 1.06 bits per heavy atom. The topological polar surface area (TPSA) is 29.7 Å². The molecule has 0 fully saturated rings. The highest BCUT2D eigenvalue weighted by Gasteiger charge is 1.95. The average molecular weight is 212 g/mol. The lowest BCUT2D eigenvalue weighted by Crippen LogP contribution is -2.08. The zero-order valence-corrected chi connectivity index (χ0v) is 9.17. The number of nitrogens with one attached hydrogen (secondary N) is 1. The lowest BCUT2D eigenvalue weighted by Gasteiger charge is -2.11. The molecule has 0 saturated carbocycles. The van der Waals surface area contributed by atoms with Crippen LogP contribution in [0.1, 0.15) is 5.56 Å². The lowest BCUT2D eigenvalue weighted by molar-refractivity contribution is -0.378. The van der Waals surface area contributed by atoms with Crippen LogP contribution in [-0.2, 0) is 0 Å². The van der Waals surface area contributed by atoms with Crippen LogP contribution in [0.15, 0.2) is 60.0 Å². The van der Waals surface area contributed by atoms with E-state index >= 15 is 0 Å². The van der Waals surface area contributed by atoms with Gasteiger partial charge in [0.15, 0.2) is 12.4 Å². The molecule has 16 heavy (non-hydrogen) atoms. The maximum absolute atomic E-state index is 4.36. The molecule has 2 aromatic rings. The van der Waals surface area contributed by atoms with Gasteiger partial charge < -0.3 is 0 Å². The first kappa shape index (κ1) is 10.4. The van der Waals surface area contributed by atoms with Crippen molar-refractivity contribution in [1.82, 2.24) is 0 Å². The highest BCUT2D eigenvalue weighted by Crippen LogP contribution is 2.10. The second kappa shape index (κ2) is 5.07. The largest absolute Gasteiger partial charge is 0.269 e. The van der Waals surface area contributed by atoms with Gasteiger partial charge in [-0.25, -0.2) is 4.98 Å². The molecular formula is C13H14N3+. The first-order valence-electron chi connectivity index (χ1n) is 5.15. The number of hydrogen-bond acceptors (Lipinski definition) is 2. The van der Waals surface area contributed by atoms with Crippen molar-refractivity contribution in [3.63, 3.8) is 0 Å². The summed E-state index contributed by atoms with van der Waals surface area (Å²) in [5.74, 6) is 0. The molecule has 80 valence electrons. The fourth-order valence-corrected chi connectivity index (χ4v) is 1.35. The summed E-state index contributed by atoms with van der Waals surface area (Å²) >= 11 is 0. The summed E-state index contributed by atoms with van der Waals surface area (Å²) in [5, 5.41) is 6.20. The van der Waals surface area contributed by atoms with Gasteiger partial charge in [-0.3, -0.25) is 5.01 Å². The number of pyridine rings is 1. The number of aromatic nitrogens is 1. The van der Waals surface area contributed by atoms with Crippen molar-refractivity contribution in [2.24, 2.45) is 5.10 Å². The van der Waals surface area contributed by atoms with Crippen LogP contribution in [0.3, 0.4) is 0 Å². The number of para-hydroxylation sites is 1. The van der Waals surface area contributed by atoms with Crippen LogP contribution in [-0.4, -0.2) is 13.3 Å². The predicted molar refractivity (Wildman–Crippen MR) is 65.4 cm³/mol. The number of hydrazone groups is 1. The van der Waals surface area contributed by atoms with E-state index < -0.39 is 0 Å². The summed E-state index contributed by atoms with van der Waals surface area (Å²) in [5.41, 5.74) is 2.14. The Labute approximate surface area is 95.1 Å². The molecule has 0 amide bonds. The summed E-state index contributed by atoms with van der Waals surface area (Å²) in [6.45, 7) is 0. The molecule has 0 unspecified atom stereocenters. The fourth-order valence-electron chi connectivity index (χ4n) is 1.35. The summed E-state index contributed by atoms with van der Waals surface area (Å²) in [6.07, 6.45) is 5.59. The van der Waals surface area contributed by atoms with Gasteiger partial charge in [0, 0.05) is 24.7 Å². The van der Waals surface area contributed by atoms with Crippen LogP contribution in [0.4, 0.5) is 5.69 Å². The van der Waals surface area contributed by atoms with Crippen molar-refractivity contribution >= 4 is 11.9 Å². The molecule has 0 bridgehead atoms. The van der Waals surface area contributed by atoms with Gasteiger partial charge in [-0.1, -0.05) is 18.2 Å². The van der Waals surface area contributed by atoms with Crippen molar-refractivity contribution in [1.29, 1.82) is 0 Å². The van der Waals surface area contributed by atoms with Gasteiger partial charge in [0.05, 0.1) is 11.9 Å². The molecule has 1 N–H and O–H groups in total. The van der Waals surface area contributed by atoms with E-state index in [9.17, 15) is 0 Å². The average Bonchev–Trinajstić information content (AvgIpc) is 2.38. The van der Waals surface area contributed by atoms with Gasteiger partial charge in [-0.15, -0.1) is 0 Å². The molecule has 1 heterocycles. The predicted octanol–water partition coefficient (Wildman–Crippen LogP) is 1.97. The molecule has 0 spiro atoms. The Hall–Kier alpha value is -2.16. The number of hydrogen-bond donors (Lipinski definition) is 0. The molecule has 0 saturated heterocycles. The van der Waals surface area contributed by atoms with Gasteiger partial charge >= 0.3 is 0 Å². The smallest absolute Gasteiger partial charge is 0.167 e. The molecule has 3 nitrogen and oxygen atoms in total. The number of H-pyrrole nitrogens is 1. The molecule has 0 aliphatic heterocycles. The van der Waals surface area contributed by atoms with Crippen LogP contribution in [0.25, 0.3) is 0 Å². The van der Waals surface area contributed by atoms with Gasteiger partial charge in [0.25, 0.3) is 0 Å². The van der Waals surface area contributed by atoms with Crippen molar-refractivity contribution in [3.05, 3.63) is 60.4 Å². The van der Waals surface area contributed by atoms with Crippen molar-refractivity contribution < 1.29 is 4.98 Å². The third-order valence-corrected chi connectivity index (χ3v) is 2.25. The van der Waals surface area contributed by atoms with E-state index in [2.05, 4.69) is 10.1 Å². The van der Waals surface area contributed by atoms with Crippen molar-refractivity contribution in [2.75, 3.05) is 12.1 Å². The maximum Gasteiger partial charge on any atom is 0.167 e. The number of aromatic amines is 1. The third-order valence-electron chi connectivity index (χ3n) is 2.25. The maximum atomic E-state index is 4.36. The van der Waals surface area contributed by atoms with Crippen molar-refractivity contribution in [3.8, 4) is 0 Å². The summed E-state index contributed by atoms with van der Waals surface area (Å²) in [4.78, 5) is 2.98. The minimum Gasteiger partial charge on any atom is -0.269 e. The van der Waals surface area contributed by atoms with Gasteiger partial charge in [-0.2, -0.15) is 5.10 Å². The molecule has 0 aliphatic rings. The number of nitrogens with zero attached hydrogens (tertiary/aromatic N) is 2. The Balaban J connectivity index is 2.08. The molecule has 0 aliphatic carbocycles. The first-order valence-corrected chi connectivity index (χ1v) is 5.15. The zero-order chi connectivity index (χ0) is 11.2. The fraction of sp³-hybridized carbons (Fsp3) is 0.0769. The van der Waals surface area contributed by atoms with Crippen LogP contribution in [0.2, 0.25) is 0 Å². The van der Waals surface area contributed by atoms with Crippen LogP contribution < -0.4 is 9.99 Å². The molecule has 3 heteroatoms. The van der Waals surface area contributed by atoms with E-state index in [0.29, 0.717) is 0 Å². The monoisotopic (exact) mass is 212 g/mol. The second-order valence-corrected chi connectivity index (χ2v) is 3.44. The molecule has 0 radical (unpaired) electrons. The summed E-state index contributed by atoms with van der Waals surface area (Å²) < 4.78 is 0. The van der Waals surface area contributed by atoms with E-state index in [1.165, 1.54) is 0 Å². The molecule has 1 aromatic heterocycles. The summed E-state index contributed by atoms with van der Waals surface area (Å²) in [6, 6.07) is 14.0. The Morgan fingerprint density at radius 3 is 2.44 bits per heavy atom. The quantitative estimate of drug-likeness (QED) is 0.565. The Morgan fingerprint density at radius 2 is 1.75 bits per heavy atom. The molecule has 2 rings (SSSR count). The number of rotatable bonds is 3. The van der Waals surface area contributed by atoms with E-state index in [-0.39, 0.29) is 0 Å². The highest BCUT2D eigenvalue weighted by molar-refractivity contribution is 5.79. The summed E-state index contributed by atoms with van der Waals surface area (Å²) in [7, 11) is 1.93. The third kappa shape index (κ3) is 2.67. The highest BCUT2D eigenvalue weighted by atomic mass is 15.4. The van der Waals surface area contributed by atoms with Gasteiger partial charge in [-0.05, 0) is 12.1 Å². The standard InChI is InChI=1S/C13H13N3/c1-16(13-5-3-2-4-6-13)15-11-12-7-9-14-10-8-12/h2-11H,1H3/p+1/b15-11+. The van der Waals surface area contributed by atoms with Crippen LogP contribution in [0, 0.1) is 0 Å². The van der Waals surface area contributed by atoms with Crippen LogP contribution >= 0.6 is 0 Å². The van der Waals surface area contributed by atoms with Gasteiger partial charge in [0.1, 0.15) is 0 Å². The Kier molecular flexibility index (Phi) is 3.28. The minimum atomic E-state index is 1.07. The van der Waals surface area contributed by atoms with E-state index in [1.807, 2.05) is 73.1 Å². The molecular weight excluding hydrogens is 198 g/mol. The van der Waals surface area contributed by atoms with Gasteiger partial charge in [0.2, 0.25) is 0 Å². The van der Waals surface area contributed by atoms with E-state index in [0.717, 1.165) is 11.3 Å². The lowest BCUT2D eigenvalue weighted by atomic mass is 10.3. The molecule has 0 atom stereocenters. The number of anilines is 1. The molecule has 1 aromatic carbocycles. The minimum absolute atomic E-state index is 1.07. The SMILES string of the molecule is CN(/N=C/c1cc[nH+]cc1)c1ccccc1. The Bertz CT molecular complexity index is 451. The van der Waals surface area contributed by atoms with Crippen molar-refractivity contribution in [2.45, 2.75) is 0 Å².